The van der Waals surface area contributed by atoms with Gasteiger partial charge in [0.1, 0.15) is 0 Å². The molecule has 1 aromatic rings. The van der Waals surface area contributed by atoms with Crippen molar-refractivity contribution in [1.29, 1.82) is 10.5 Å². The van der Waals surface area contributed by atoms with E-state index in [-0.39, 0.29) is 6.42 Å². The smallest absolute Gasteiger partial charge is 0.151 e. The Hall–Kier alpha value is -2.13. The summed E-state index contributed by atoms with van der Waals surface area (Å²) in [6, 6.07) is 7.18. The number of hydrogen-bond donors (Lipinski definition) is 0. The molecule has 0 aliphatic heterocycles. The molecule has 0 amide bonds. The van der Waals surface area contributed by atoms with Gasteiger partial charge in [0.2, 0.25) is 0 Å². The van der Waals surface area contributed by atoms with Gasteiger partial charge < -0.3 is 0 Å². The number of nitrogens with zero attached hydrogens (tertiary/aromatic N) is 2. The average Bonchev–Trinajstić information content (AvgIpc) is 2.20. The topological polar surface area (TPSA) is 64.7 Å². The van der Waals surface area contributed by atoms with Gasteiger partial charge in [0.25, 0.3) is 0 Å². The third-order valence-corrected chi connectivity index (χ3v) is 2.03. The molecule has 0 spiro atoms. The van der Waals surface area contributed by atoms with Crippen molar-refractivity contribution in [2.45, 2.75) is 13.3 Å². The Morgan fingerprint density at radius 3 is 2.64 bits per heavy atom. The summed E-state index contributed by atoms with van der Waals surface area (Å²) in [7, 11) is 0. The van der Waals surface area contributed by atoms with Gasteiger partial charge in [-0.2, -0.15) is 10.5 Å². The second kappa shape index (κ2) is 4.20. The van der Waals surface area contributed by atoms with E-state index in [0.717, 1.165) is 11.1 Å². The third-order valence-electron chi connectivity index (χ3n) is 2.03. The molecule has 0 radical (unpaired) electrons. The van der Waals surface area contributed by atoms with Gasteiger partial charge >= 0.3 is 0 Å². The molecular weight excluding hydrogens is 176 g/mol. The Balaban J connectivity index is 3.33. The van der Waals surface area contributed by atoms with Crippen molar-refractivity contribution in [2.24, 2.45) is 0 Å². The van der Waals surface area contributed by atoms with Crippen LogP contribution in [-0.2, 0) is 6.42 Å². The Morgan fingerprint density at radius 1 is 1.43 bits per heavy atom. The highest BCUT2D eigenvalue weighted by molar-refractivity contribution is 5.79. The lowest BCUT2D eigenvalue weighted by Gasteiger charge is -2.03. The molecule has 0 saturated heterocycles. The van der Waals surface area contributed by atoms with E-state index in [9.17, 15) is 4.79 Å². The van der Waals surface area contributed by atoms with Gasteiger partial charge in [-0.05, 0) is 30.2 Å². The summed E-state index contributed by atoms with van der Waals surface area (Å²) < 4.78 is 0. The van der Waals surface area contributed by atoms with Gasteiger partial charge in [-0.15, -0.1) is 0 Å². The first kappa shape index (κ1) is 9.95. The minimum absolute atomic E-state index is 0.264. The van der Waals surface area contributed by atoms with Crippen molar-refractivity contribution in [3.63, 3.8) is 0 Å². The van der Waals surface area contributed by atoms with Gasteiger partial charge in [-0.3, -0.25) is 4.79 Å². The monoisotopic (exact) mass is 184 g/mol. The molecule has 3 nitrogen and oxygen atoms in total. The van der Waals surface area contributed by atoms with E-state index in [4.69, 9.17) is 10.5 Å². The summed E-state index contributed by atoms with van der Waals surface area (Å²) in [5, 5.41) is 17.3. The molecule has 1 aromatic carbocycles. The van der Waals surface area contributed by atoms with Crippen molar-refractivity contribution < 1.29 is 4.79 Å². The largest absolute Gasteiger partial charge is 0.298 e. The highest BCUT2D eigenvalue weighted by atomic mass is 16.1. The number of aldehydes is 1. The van der Waals surface area contributed by atoms with Gasteiger partial charge in [-0.25, -0.2) is 0 Å². The van der Waals surface area contributed by atoms with E-state index in [1.165, 1.54) is 0 Å². The highest BCUT2D eigenvalue weighted by Gasteiger charge is 2.05. The molecule has 0 bridgehead atoms. The fourth-order valence-corrected chi connectivity index (χ4v) is 1.25. The highest BCUT2D eigenvalue weighted by Crippen LogP contribution is 2.15. The first-order valence-corrected chi connectivity index (χ1v) is 4.08. The average molecular weight is 184 g/mol. The van der Waals surface area contributed by atoms with E-state index in [1.807, 2.05) is 19.1 Å². The second-order valence-corrected chi connectivity index (χ2v) is 2.93. The van der Waals surface area contributed by atoms with E-state index in [2.05, 4.69) is 0 Å². The van der Waals surface area contributed by atoms with Crippen LogP contribution < -0.4 is 0 Å². The molecule has 0 saturated carbocycles. The molecule has 0 unspecified atom stereocenters. The van der Waals surface area contributed by atoms with Crippen LogP contribution in [0.15, 0.2) is 12.1 Å². The molecule has 0 aliphatic carbocycles. The Bertz CT molecular complexity index is 450. The van der Waals surface area contributed by atoms with Crippen molar-refractivity contribution in [2.75, 3.05) is 0 Å². The van der Waals surface area contributed by atoms with E-state index < -0.39 is 0 Å². The SMILES string of the molecule is Cc1cc(C=O)c(C#N)cc1CC#N. The van der Waals surface area contributed by atoms with Crippen LogP contribution in [0.1, 0.15) is 27.0 Å². The van der Waals surface area contributed by atoms with Crippen molar-refractivity contribution >= 4 is 6.29 Å². The molecule has 3 heteroatoms. The maximum Gasteiger partial charge on any atom is 0.151 e. The summed E-state index contributed by atoms with van der Waals surface area (Å²) in [4.78, 5) is 10.6. The predicted octanol–water partition coefficient (Wildman–Crippen LogP) is 1.75. The number of carbonyl (C=O) groups excluding carboxylic acids is 1. The Morgan fingerprint density at radius 2 is 2.14 bits per heavy atom. The number of hydrogen-bond acceptors (Lipinski definition) is 3. The minimum Gasteiger partial charge on any atom is -0.298 e. The molecule has 0 aromatic heterocycles. The first-order chi connectivity index (χ1) is 6.72. The maximum atomic E-state index is 10.6. The third kappa shape index (κ3) is 1.78. The van der Waals surface area contributed by atoms with Gasteiger partial charge in [0, 0.05) is 5.56 Å². The van der Waals surface area contributed by atoms with E-state index >= 15 is 0 Å². The normalized spacial score (nSPS) is 8.79. The fraction of sp³-hybridized carbons (Fsp3) is 0.182. The van der Waals surface area contributed by atoms with Crippen LogP contribution in [0.5, 0.6) is 0 Å². The zero-order valence-electron chi connectivity index (χ0n) is 7.74. The van der Waals surface area contributed by atoms with Crippen molar-refractivity contribution in [3.8, 4) is 12.1 Å². The molecular formula is C11H8N2O. The van der Waals surface area contributed by atoms with Gasteiger partial charge in [0.05, 0.1) is 24.1 Å². The number of nitriles is 2. The van der Waals surface area contributed by atoms with Gasteiger partial charge in [-0.1, -0.05) is 0 Å². The summed E-state index contributed by atoms with van der Waals surface area (Å²) >= 11 is 0. The fourth-order valence-electron chi connectivity index (χ4n) is 1.25. The van der Waals surface area contributed by atoms with Crippen LogP contribution in [0, 0.1) is 29.6 Å². The maximum absolute atomic E-state index is 10.6. The molecule has 0 atom stereocenters. The zero-order chi connectivity index (χ0) is 10.6. The number of rotatable bonds is 2. The number of aryl methyl sites for hydroxylation is 1. The Labute approximate surface area is 82.2 Å². The van der Waals surface area contributed by atoms with Crippen LogP contribution in [0.4, 0.5) is 0 Å². The summed E-state index contributed by atoms with van der Waals surface area (Å²) in [5.41, 5.74) is 2.38. The predicted molar refractivity (Wildman–Crippen MR) is 50.6 cm³/mol. The summed E-state index contributed by atoms with van der Waals surface area (Å²) in [6.45, 7) is 1.82. The van der Waals surface area contributed by atoms with Crippen LogP contribution >= 0.6 is 0 Å². The van der Waals surface area contributed by atoms with Gasteiger partial charge in [0.15, 0.2) is 6.29 Å². The standard InChI is InChI=1S/C11H8N2O/c1-8-4-11(7-14)10(6-13)5-9(8)2-3-12/h4-5,7H,2H2,1H3. The molecule has 0 N–H and O–H groups in total. The minimum atomic E-state index is 0.264. The van der Waals surface area contributed by atoms with Crippen LogP contribution in [0.2, 0.25) is 0 Å². The van der Waals surface area contributed by atoms with Crippen molar-refractivity contribution in [1.82, 2.24) is 0 Å². The molecule has 1 rings (SSSR count). The van der Waals surface area contributed by atoms with E-state index in [0.29, 0.717) is 17.4 Å². The van der Waals surface area contributed by atoms with Crippen LogP contribution in [0.3, 0.4) is 0 Å². The lowest BCUT2D eigenvalue weighted by Crippen LogP contribution is -1.94. The van der Waals surface area contributed by atoms with Crippen LogP contribution in [0.25, 0.3) is 0 Å². The zero-order valence-corrected chi connectivity index (χ0v) is 7.74. The molecule has 68 valence electrons. The summed E-state index contributed by atoms with van der Waals surface area (Å²) in [5.74, 6) is 0. The Kier molecular flexibility index (Phi) is 2.99. The first-order valence-electron chi connectivity index (χ1n) is 4.08. The lowest BCUT2D eigenvalue weighted by atomic mass is 9.99. The molecule has 0 heterocycles. The van der Waals surface area contributed by atoms with E-state index in [1.54, 1.807) is 12.1 Å². The number of carbonyl (C=O) groups is 1. The van der Waals surface area contributed by atoms with Crippen LogP contribution in [-0.4, -0.2) is 6.29 Å². The summed E-state index contributed by atoms with van der Waals surface area (Å²) in [6.07, 6.45) is 0.918. The molecule has 0 aliphatic rings. The molecule has 14 heavy (non-hydrogen) atoms. The number of benzene rings is 1. The second-order valence-electron chi connectivity index (χ2n) is 2.93. The quantitative estimate of drug-likeness (QED) is 0.657. The lowest BCUT2D eigenvalue weighted by molar-refractivity contribution is 0.112. The van der Waals surface area contributed by atoms with Crippen molar-refractivity contribution in [3.05, 3.63) is 34.4 Å². The molecule has 0 fully saturated rings.